The Balaban J connectivity index is 1.53. The molecule has 1 saturated carbocycles. The van der Waals surface area contributed by atoms with E-state index < -0.39 is 0 Å². The van der Waals surface area contributed by atoms with Crippen LogP contribution >= 0.6 is 0 Å². The van der Waals surface area contributed by atoms with Gasteiger partial charge in [0.25, 0.3) is 5.91 Å². The summed E-state index contributed by atoms with van der Waals surface area (Å²) in [5.74, 6) is 0.454. The zero-order valence-corrected chi connectivity index (χ0v) is 13.9. The molecule has 7 nitrogen and oxygen atoms in total. The second kappa shape index (κ2) is 7.61. The lowest BCUT2D eigenvalue weighted by Gasteiger charge is -2.29. The van der Waals surface area contributed by atoms with Gasteiger partial charge in [-0.3, -0.25) is 9.59 Å². The monoisotopic (exact) mass is 333 g/mol. The molecule has 7 heteroatoms. The van der Waals surface area contributed by atoms with Crippen LogP contribution in [0.5, 0.6) is 5.88 Å². The van der Waals surface area contributed by atoms with Crippen molar-refractivity contribution in [2.75, 3.05) is 33.4 Å². The minimum absolute atomic E-state index is 0.000348. The van der Waals surface area contributed by atoms with E-state index in [0.717, 1.165) is 12.8 Å². The highest BCUT2D eigenvalue weighted by molar-refractivity contribution is 5.94. The lowest BCUT2D eigenvalue weighted by molar-refractivity contribution is -0.139. The van der Waals surface area contributed by atoms with E-state index in [4.69, 9.17) is 9.47 Å². The molecule has 130 valence electrons. The molecule has 0 unspecified atom stereocenters. The van der Waals surface area contributed by atoms with Gasteiger partial charge in [0, 0.05) is 42.9 Å². The van der Waals surface area contributed by atoms with Crippen molar-refractivity contribution < 1.29 is 19.1 Å². The summed E-state index contributed by atoms with van der Waals surface area (Å²) in [6, 6.07) is 3.30. The van der Waals surface area contributed by atoms with Gasteiger partial charge in [-0.2, -0.15) is 0 Å². The second-order valence-corrected chi connectivity index (χ2v) is 6.20. The smallest absolute Gasteiger partial charge is 0.251 e. The van der Waals surface area contributed by atoms with Crippen molar-refractivity contribution in [2.45, 2.75) is 25.3 Å². The van der Waals surface area contributed by atoms with Gasteiger partial charge in [-0.1, -0.05) is 0 Å². The first-order valence-corrected chi connectivity index (χ1v) is 8.35. The number of nitrogens with one attached hydrogen (secondary N) is 1. The molecule has 1 aromatic heterocycles. The lowest BCUT2D eigenvalue weighted by Crippen LogP contribution is -2.43. The molecule has 1 aliphatic carbocycles. The number of amides is 2. The number of hydrogen-bond acceptors (Lipinski definition) is 5. The maximum absolute atomic E-state index is 12.5. The van der Waals surface area contributed by atoms with Crippen molar-refractivity contribution in [1.29, 1.82) is 0 Å². The number of rotatable bonds is 4. The summed E-state index contributed by atoms with van der Waals surface area (Å²) in [4.78, 5) is 30.7. The van der Waals surface area contributed by atoms with Crippen LogP contribution in [0.15, 0.2) is 18.3 Å². The first-order valence-electron chi connectivity index (χ1n) is 8.35. The van der Waals surface area contributed by atoms with Gasteiger partial charge < -0.3 is 19.7 Å². The fourth-order valence-corrected chi connectivity index (χ4v) is 3.31. The summed E-state index contributed by atoms with van der Waals surface area (Å²) in [7, 11) is 1.52. The van der Waals surface area contributed by atoms with Crippen LogP contribution in [0.25, 0.3) is 0 Å². The summed E-state index contributed by atoms with van der Waals surface area (Å²) >= 11 is 0. The van der Waals surface area contributed by atoms with Crippen molar-refractivity contribution >= 4 is 11.8 Å². The van der Waals surface area contributed by atoms with E-state index in [1.807, 2.05) is 4.90 Å². The molecule has 2 amide bonds. The molecule has 2 atom stereocenters. The van der Waals surface area contributed by atoms with E-state index >= 15 is 0 Å². The fraction of sp³-hybridized carbons (Fsp3) is 0.588. The van der Waals surface area contributed by atoms with Gasteiger partial charge >= 0.3 is 0 Å². The summed E-state index contributed by atoms with van der Waals surface area (Å²) in [5, 5.41) is 3.02. The number of ether oxygens (including phenoxy) is 2. The van der Waals surface area contributed by atoms with Crippen LogP contribution in [0.1, 0.15) is 29.6 Å². The predicted octanol–water partition coefficient (Wildman–Crippen LogP) is 0.847. The zero-order chi connectivity index (χ0) is 16.9. The van der Waals surface area contributed by atoms with Gasteiger partial charge in [0.15, 0.2) is 0 Å². The van der Waals surface area contributed by atoms with Crippen LogP contribution in [0.3, 0.4) is 0 Å². The molecule has 1 aliphatic heterocycles. The molecule has 0 radical (unpaired) electrons. The van der Waals surface area contributed by atoms with Crippen molar-refractivity contribution in [1.82, 2.24) is 15.2 Å². The van der Waals surface area contributed by atoms with E-state index in [0.29, 0.717) is 44.2 Å². The molecule has 2 aliphatic rings. The van der Waals surface area contributed by atoms with Crippen molar-refractivity contribution in [3.63, 3.8) is 0 Å². The molecule has 0 spiro atoms. The topological polar surface area (TPSA) is 80.8 Å². The SMILES string of the molecule is COc1cc(C(=O)N[C@H]2CC[C@@H](C(=O)N3CCOCC3)C2)ccn1. The van der Waals surface area contributed by atoms with Crippen LogP contribution in [0, 0.1) is 5.92 Å². The molecular formula is C17H23N3O4. The third kappa shape index (κ3) is 3.84. The van der Waals surface area contributed by atoms with Crippen LogP contribution < -0.4 is 10.1 Å². The molecular weight excluding hydrogens is 310 g/mol. The van der Waals surface area contributed by atoms with Crippen LogP contribution in [-0.4, -0.2) is 61.2 Å². The predicted molar refractivity (Wildman–Crippen MR) is 86.8 cm³/mol. The van der Waals surface area contributed by atoms with Gasteiger partial charge in [-0.05, 0) is 25.3 Å². The molecule has 2 heterocycles. The summed E-state index contributed by atoms with van der Waals surface area (Å²) in [5.41, 5.74) is 0.518. The highest BCUT2D eigenvalue weighted by atomic mass is 16.5. The Morgan fingerprint density at radius 2 is 2.12 bits per heavy atom. The van der Waals surface area contributed by atoms with Crippen LogP contribution in [-0.2, 0) is 9.53 Å². The quantitative estimate of drug-likeness (QED) is 0.883. The molecule has 1 saturated heterocycles. The maximum Gasteiger partial charge on any atom is 0.251 e. The minimum atomic E-state index is -0.153. The third-order valence-electron chi connectivity index (χ3n) is 4.65. The molecule has 0 aromatic carbocycles. The van der Waals surface area contributed by atoms with E-state index in [9.17, 15) is 9.59 Å². The Morgan fingerprint density at radius 1 is 1.33 bits per heavy atom. The van der Waals surface area contributed by atoms with E-state index in [1.165, 1.54) is 7.11 Å². The third-order valence-corrected chi connectivity index (χ3v) is 4.65. The van der Waals surface area contributed by atoms with Crippen LogP contribution in [0.2, 0.25) is 0 Å². The summed E-state index contributed by atoms with van der Waals surface area (Å²) < 4.78 is 10.3. The Hall–Kier alpha value is -2.15. The second-order valence-electron chi connectivity index (χ2n) is 6.20. The van der Waals surface area contributed by atoms with Crippen molar-refractivity contribution in [2.24, 2.45) is 5.92 Å². The minimum Gasteiger partial charge on any atom is -0.481 e. The number of carbonyl (C=O) groups excluding carboxylic acids is 2. The number of carbonyl (C=O) groups is 2. The number of nitrogens with zero attached hydrogens (tertiary/aromatic N) is 2. The number of morpholine rings is 1. The van der Waals surface area contributed by atoms with Crippen molar-refractivity contribution in [3.05, 3.63) is 23.9 Å². The molecule has 24 heavy (non-hydrogen) atoms. The molecule has 2 fully saturated rings. The average molecular weight is 333 g/mol. The van der Waals surface area contributed by atoms with Gasteiger partial charge in [0.2, 0.25) is 11.8 Å². The molecule has 1 N–H and O–H groups in total. The van der Waals surface area contributed by atoms with E-state index in [-0.39, 0.29) is 23.8 Å². The largest absolute Gasteiger partial charge is 0.481 e. The summed E-state index contributed by atoms with van der Waals surface area (Å²) in [6.45, 7) is 2.57. The zero-order valence-electron chi connectivity index (χ0n) is 13.9. The normalized spacial score (nSPS) is 23.8. The first-order chi connectivity index (χ1) is 11.7. The molecule has 3 rings (SSSR count). The number of methoxy groups -OCH3 is 1. The van der Waals surface area contributed by atoms with Gasteiger partial charge in [0.05, 0.1) is 20.3 Å². The molecule has 1 aromatic rings. The van der Waals surface area contributed by atoms with Gasteiger partial charge in [0.1, 0.15) is 0 Å². The van der Waals surface area contributed by atoms with Crippen LogP contribution in [0.4, 0.5) is 0 Å². The van der Waals surface area contributed by atoms with Crippen molar-refractivity contribution in [3.8, 4) is 5.88 Å². The van der Waals surface area contributed by atoms with E-state index in [1.54, 1.807) is 18.3 Å². The Labute approximate surface area is 141 Å². The Morgan fingerprint density at radius 3 is 2.88 bits per heavy atom. The lowest BCUT2D eigenvalue weighted by atomic mass is 10.1. The summed E-state index contributed by atoms with van der Waals surface area (Å²) in [6.07, 6.45) is 3.90. The highest BCUT2D eigenvalue weighted by Crippen LogP contribution is 2.28. The van der Waals surface area contributed by atoms with Gasteiger partial charge in [-0.25, -0.2) is 4.98 Å². The van der Waals surface area contributed by atoms with E-state index in [2.05, 4.69) is 10.3 Å². The standard InChI is InChI=1S/C17H23N3O4/c1-23-15-11-12(4-5-18-15)16(21)19-14-3-2-13(10-14)17(22)20-6-8-24-9-7-20/h4-5,11,13-14H,2-3,6-10H2,1H3,(H,19,21)/t13-,14+/m1/s1. The number of pyridine rings is 1. The number of aromatic nitrogens is 1. The fourth-order valence-electron chi connectivity index (χ4n) is 3.31. The average Bonchev–Trinajstić information content (AvgIpc) is 3.10. The Bertz CT molecular complexity index is 601. The Kier molecular flexibility index (Phi) is 5.30. The molecule has 0 bridgehead atoms. The van der Waals surface area contributed by atoms with Gasteiger partial charge in [-0.15, -0.1) is 0 Å². The maximum atomic E-state index is 12.5. The highest BCUT2D eigenvalue weighted by Gasteiger charge is 2.33. The first kappa shape index (κ1) is 16.7. The number of hydrogen-bond donors (Lipinski definition) is 1.